The van der Waals surface area contributed by atoms with Crippen molar-refractivity contribution in [3.63, 3.8) is 0 Å². The number of piperazine rings is 1. The standard InChI is InChI=1S/C23H32N4O2/c1-25(15-16-28)21-9-7-20(8-10-21)18-26-11-13-27(14-12-26)23(29)22(24)17-19-5-3-2-4-6-19/h2-10,22,28H,11-18,24H2,1H3. The normalized spacial score (nSPS) is 15.9. The van der Waals surface area contributed by atoms with Crippen LogP contribution in [0.2, 0.25) is 0 Å². The van der Waals surface area contributed by atoms with Crippen LogP contribution >= 0.6 is 0 Å². The lowest BCUT2D eigenvalue weighted by molar-refractivity contribution is -0.134. The zero-order chi connectivity index (χ0) is 20.6. The third-order valence-corrected chi connectivity index (χ3v) is 5.52. The zero-order valence-corrected chi connectivity index (χ0v) is 17.2. The van der Waals surface area contributed by atoms with E-state index < -0.39 is 6.04 Å². The molecule has 1 unspecified atom stereocenters. The number of nitrogens with two attached hydrogens (primary N) is 1. The minimum atomic E-state index is -0.479. The minimum absolute atomic E-state index is 0.0461. The lowest BCUT2D eigenvalue weighted by Gasteiger charge is -2.36. The van der Waals surface area contributed by atoms with E-state index in [4.69, 9.17) is 10.8 Å². The highest BCUT2D eigenvalue weighted by atomic mass is 16.3. The first kappa shape index (κ1) is 21.3. The van der Waals surface area contributed by atoms with Gasteiger partial charge in [-0.15, -0.1) is 0 Å². The third kappa shape index (κ3) is 6.03. The first-order valence-corrected chi connectivity index (χ1v) is 10.3. The molecule has 6 nitrogen and oxygen atoms in total. The van der Waals surface area contributed by atoms with Gasteiger partial charge in [-0.05, 0) is 29.7 Å². The minimum Gasteiger partial charge on any atom is -0.395 e. The van der Waals surface area contributed by atoms with E-state index >= 15 is 0 Å². The van der Waals surface area contributed by atoms with Crippen molar-refractivity contribution in [1.29, 1.82) is 0 Å². The fraction of sp³-hybridized carbons (Fsp3) is 0.435. The number of anilines is 1. The quantitative estimate of drug-likeness (QED) is 0.704. The van der Waals surface area contributed by atoms with Crippen molar-refractivity contribution in [2.45, 2.75) is 19.0 Å². The summed E-state index contributed by atoms with van der Waals surface area (Å²) >= 11 is 0. The molecular weight excluding hydrogens is 364 g/mol. The molecular formula is C23H32N4O2. The molecule has 6 heteroatoms. The van der Waals surface area contributed by atoms with Gasteiger partial charge in [-0.3, -0.25) is 9.69 Å². The van der Waals surface area contributed by atoms with Crippen molar-refractivity contribution in [2.75, 3.05) is 51.3 Å². The fourth-order valence-corrected chi connectivity index (χ4v) is 3.71. The van der Waals surface area contributed by atoms with Crippen molar-refractivity contribution < 1.29 is 9.90 Å². The van der Waals surface area contributed by atoms with Crippen LogP contribution < -0.4 is 10.6 Å². The molecule has 0 spiro atoms. The molecule has 0 saturated carbocycles. The molecule has 1 atom stereocenters. The van der Waals surface area contributed by atoms with E-state index in [2.05, 4.69) is 29.2 Å². The van der Waals surface area contributed by atoms with Crippen LogP contribution in [-0.2, 0) is 17.8 Å². The van der Waals surface area contributed by atoms with E-state index in [1.807, 2.05) is 47.2 Å². The van der Waals surface area contributed by atoms with Crippen LogP contribution in [0.3, 0.4) is 0 Å². The van der Waals surface area contributed by atoms with Gasteiger partial charge in [0.2, 0.25) is 5.91 Å². The smallest absolute Gasteiger partial charge is 0.239 e. The number of amides is 1. The summed E-state index contributed by atoms with van der Waals surface area (Å²) in [5.41, 5.74) is 9.63. The van der Waals surface area contributed by atoms with Gasteiger partial charge in [0, 0.05) is 52.0 Å². The van der Waals surface area contributed by atoms with E-state index in [1.165, 1.54) is 5.56 Å². The first-order valence-electron chi connectivity index (χ1n) is 10.3. The molecule has 156 valence electrons. The van der Waals surface area contributed by atoms with Gasteiger partial charge in [0.25, 0.3) is 0 Å². The van der Waals surface area contributed by atoms with Gasteiger partial charge < -0.3 is 20.6 Å². The maximum atomic E-state index is 12.7. The lowest BCUT2D eigenvalue weighted by atomic mass is 10.1. The summed E-state index contributed by atoms with van der Waals surface area (Å²) in [6.45, 7) is 4.81. The Labute approximate surface area is 173 Å². The topological polar surface area (TPSA) is 73.0 Å². The number of hydrogen-bond acceptors (Lipinski definition) is 5. The number of benzene rings is 2. The average Bonchev–Trinajstić information content (AvgIpc) is 2.75. The summed E-state index contributed by atoms with van der Waals surface area (Å²) in [4.78, 5) is 19.0. The second-order valence-corrected chi connectivity index (χ2v) is 7.71. The van der Waals surface area contributed by atoms with Gasteiger partial charge in [-0.25, -0.2) is 0 Å². The van der Waals surface area contributed by atoms with E-state index in [1.54, 1.807) is 0 Å². The van der Waals surface area contributed by atoms with Gasteiger partial charge in [-0.1, -0.05) is 42.5 Å². The predicted molar refractivity (Wildman–Crippen MR) is 117 cm³/mol. The second kappa shape index (κ2) is 10.4. The molecule has 1 amide bonds. The van der Waals surface area contributed by atoms with E-state index in [-0.39, 0.29) is 12.5 Å². The molecule has 0 radical (unpaired) electrons. The number of carbonyl (C=O) groups excluding carboxylic acids is 1. The number of aliphatic hydroxyl groups excluding tert-OH is 1. The van der Waals surface area contributed by atoms with Gasteiger partial charge in [0.1, 0.15) is 0 Å². The summed E-state index contributed by atoms with van der Waals surface area (Å²) in [5.74, 6) is 0.0461. The predicted octanol–water partition coefficient (Wildman–Crippen LogP) is 1.33. The molecule has 3 N–H and O–H groups in total. The Bertz CT molecular complexity index is 758. The first-order chi connectivity index (χ1) is 14.1. The van der Waals surface area contributed by atoms with Crippen LogP contribution in [0.15, 0.2) is 54.6 Å². The number of rotatable bonds is 8. The Morgan fingerprint density at radius 3 is 2.31 bits per heavy atom. The summed E-state index contributed by atoms with van der Waals surface area (Å²) in [5, 5.41) is 9.05. The summed E-state index contributed by atoms with van der Waals surface area (Å²) < 4.78 is 0. The van der Waals surface area contributed by atoms with Crippen molar-refractivity contribution in [1.82, 2.24) is 9.80 Å². The molecule has 1 heterocycles. The van der Waals surface area contributed by atoms with Gasteiger partial charge >= 0.3 is 0 Å². The maximum Gasteiger partial charge on any atom is 0.239 e. The van der Waals surface area contributed by atoms with E-state index in [0.29, 0.717) is 13.0 Å². The van der Waals surface area contributed by atoms with Crippen LogP contribution in [-0.4, -0.2) is 73.2 Å². The largest absolute Gasteiger partial charge is 0.395 e. The van der Waals surface area contributed by atoms with Crippen LogP contribution in [0.25, 0.3) is 0 Å². The fourth-order valence-electron chi connectivity index (χ4n) is 3.71. The van der Waals surface area contributed by atoms with Crippen LogP contribution in [0.4, 0.5) is 5.69 Å². The average molecular weight is 397 g/mol. The SMILES string of the molecule is CN(CCO)c1ccc(CN2CCN(C(=O)C(N)Cc3ccccc3)CC2)cc1. The summed E-state index contributed by atoms with van der Waals surface area (Å²) in [6.07, 6.45) is 0.580. The molecule has 0 aromatic heterocycles. The molecule has 0 bridgehead atoms. The summed E-state index contributed by atoms with van der Waals surface area (Å²) in [6, 6.07) is 17.9. The lowest BCUT2D eigenvalue weighted by Crippen LogP contribution is -2.53. The summed E-state index contributed by atoms with van der Waals surface area (Å²) in [7, 11) is 1.98. The van der Waals surface area contributed by atoms with Crippen molar-refractivity contribution in [3.8, 4) is 0 Å². The Morgan fingerprint density at radius 2 is 1.69 bits per heavy atom. The monoisotopic (exact) mass is 396 g/mol. The van der Waals surface area contributed by atoms with Gasteiger partial charge in [-0.2, -0.15) is 0 Å². The van der Waals surface area contributed by atoms with Gasteiger partial charge in [0.15, 0.2) is 0 Å². The highest BCUT2D eigenvalue weighted by molar-refractivity contribution is 5.82. The highest BCUT2D eigenvalue weighted by Crippen LogP contribution is 2.16. The Balaban J connectivity index is 1.45. The Kier molecular flexibility index (Phi) is 7.63. The number of aliphatic hydroxyl groups is 1. The molecule has 1 saturated heterocycles. The van der Waals surface area contributed by atoms with Crippen LogP contribution in [0.5, 0.6) is 0 Å². The molecule has 2 aromatic rings. The molecule has 0 aliphatic carbocycles. The third-order valence-electron chi connectivity index (χ3n) is 5.52. The number of likely N-dealkylation sites (N-methyl/N-ethyl adjacent to an activating group) is 1. The maximum absolute atomic E-state index is 12.7. The highest BCUT2D eigenvalue weighted by Gasteiger charge is 2.25. The Hall–Kier alpha value is -2.41. The van der Waals surface area contributed by atoms with Crippen molar-refractivity contribution in [2.24, 2.45) is 5.73 Å². The van der Waals surface area contributed by atoms with Crippen molar-refractivity contribution >= 4 is 11.6 Å². The van der Waals surface area contributed by atoms with Crippen LogP contribution in [0.1, 0.15) is 11.1 Å². The zero-order valence-electron chi connectivity index (χ0n) is 17.2. The molecule has 2 aromatic carbocycles. The Morgan fingerprint density at radius 1 is 1.03 bits per heavy atom. The molecule has 3 rings (SSSR count). The molecule has 1 fully saturated rings. The van der Waals surface area contributed by atoms with E-state index in [9.17, 15) is 4.79 Å². The number of carbonyl (C=O) groups is 1. The molecule has 29 heavy (non-hydrogen) atoms. The van der Waals surface area contributed by atoms with Gasteiger partial charge in [0.05, 0.1) is 12.6 Å². The molecule has 1 aliphatic heterocycles. The van der Waals surface area contributed by atoms with Crippen molar-refractivity contribution in [3.05, 3.63) is 65.7 Å². The number of hydrogen-bond donors (Lipinski definition) is 2. The van der Waals surface area contributed by atoms with Crippen LogP contribution in [0, 0.1) is 0 Å². The number of nitrogens with zero attached hydrogens (tertiary/aromatic N) is 3. The molecule has 1 aliphatic rings. The second-order valence-electron chi connectivity index (χ2n) is 7.71. The van der Waals surface area contributed by atoms with E-state index in [0.717, 1.165) is 44.0 Å².